The zero-order valence-corrected chi connectivity index (χ0v) is 15.1. The summed E-state index contributed by atoms with van der Waals surface area (Å²) in [7, 11) is 5.83. The van der Waals surface area contributed by atoms with Crippen molar-refractivity contribution < 1.29 is 9.18 Å². The zero-order chi connectivity index (χ0) is 17.5. The van der Waals surface area contributed by atoms with Crippen LogP contribution in [-0.4, -0.2) is 37.7 Å². The molecule has 0 unspecified atom stereocenters. The molecule has 2 aromatic rings. The first-order chi connectivity index (χ1) is 11.5. The van der Waals surface area contributed by atoms with Crippen molar-refractivity contribution in [2.75, 3.05) is 31.8 Å². The fourth-order valence-corrected chi connectivity index (χ4v) is 3.08. The number of thioether (sulfide) groups is 1. The predicted molar refractivity (Wildman–Crippen MR) is 99.0 cm³/mol. The van der Waals surface area contributed by atoms with Crippen molar-refractivity contribution in [3.63, 3.8) is 0 Å². The quantitative estimate of drug-likeness (QED) is 0.707. The summed E-state index contributed by atoms with van der Waals surface area (Å²) in [5.41, 5.74) is 2.26. The molecule has 2 rings (SSSR count). The molecule has 0 aliphatic carbocycles. The van der Waals surface area contributed by atoms with Gasteiger partial charge in [-0.2, -0.15) is 0 Å². The van der Waals surface area contributed by atoms with Gasteiger partial charge in [-0.3, -0.25) is 4.79 Å². The molecule has 0 radical (unpaired) electrons. The molecule has 3 nitrogen and oxygen atoms in total. The fraction of sp³-hybridized carbons (Fsp3) is 0.316. The van der Waals surface area contributed by atoms with Crippen molar-refractivity contribution in [3.8, 4) is 0 Å². The first-order valence-corrected chi connectivity index (χ1v) is 8.83. The number of carbonyl (C=O) groups is 1. The SMILES string of the molecule is CN(Cc1ccc(N(C)C)cc1)C(=O)CCSc1ccc(F)cc1. The van der Waals surface area contributed by atoms with Crippen LogP contribution in [-0.2, 0) is 11.3 Å². The second-order valence-corrected chi connectivity index (χ2v) is 7.03. The van der Waals surface area contributed by atoms with Gasteiger partial charge in [0, 0.05) is 50.4 Å². The molecule has 0 saturated carbocycles. The predicted octanol–water partition coefficient (Wildman–Crippen LogP) is 4.03. The maximum absolute atomic E-state index is 12.8. The lowest BCUT2D eigenvalue weighted by molar-refractivity contribution is -0.129. The van der Waals surface area contributed by atoms with Crippen LogP contribution in [0.5, 0.6) is 0 Å². The molecule has 0 saturated heterocycles. The van der Waals surface area contributed by atoms with Gasteiger partial charge >= 0.3 is 0 Å². The summed E-state index contributed by atoms with van der Waals surface area (Å²) >= 11 is 1.57. The van der Waals surface area contributed by atoms with Crippen LogP contribution in [0.2, 0.25) is 0 Å². The van der Waals surface area contributed by atoms with Gasteiger partial charge in [0.15, 0.2) is 0 Å². The van der Waals surface area contributed by atoms with Crippen LogP contribution in [0.15, 0.2) is 53.4 Å². The van der Waals surface area contributed by atoms with E-state index in [1.54, 1.807) is 28.8 Å². The highest BCUT2D eigenvalue weighted by Gasteiger charge is 2.09. The lowest BCUT2D eigenvalue weighted by Crippen LogP contribution is -2.26. The number of halogens is 1. The van der Waals surface area contributed by atoms with Gasteiger partial charge in [-0.15, -0.1) is 11.8 Å². The minimum absolute atomic E-state index is 0.112. The van der Waals surface area contributed by atoms with Crippen LogP contribution in [0.3, 0.4) is 0 Å². The molecule has 0 aromatic heterocycles. The number of hydrogen-bond acceptors (Lipinski definition) is 3. The number of benzene rings is 2. The summed E-state index contributed by atoms with van der Waals surface area (Å²) in [5, 5.41) is 0. The number of rotatable bonds is 7. The van der Waals surface area contributed by atoms with E-state index in [0.717, 1.165) is 16.1 Å². The van der Waals surface area contributed by atoms with E-state index in [9.17, 15) is 9.18 Å². The standard InChI is InChI=1S/C19H23FN2OS/c1-21(2)17-8-4-15(5-9-17)14-22(3)19(23)12-13-24-18-10-6-16(20)7-11-18/h4-11H,12-14H2,1-3H3. The van der Waals surface area contributed by atoms with Gasteiger partial charge in [-0.1, -0.05) is 12.1 Å². The molecular weight excluding hydrogens is 323 g/mol. The Kier molecular flexibility index (Phi) is 6.67. The molecule has 0 spiro atoms. The average molecular weight is 346 g/mol. The Morgan fingerprint density at radius 3 is 2.21 bits per heavy atom. The molecule has 0 N–H and O–H groups in total. The van der Waals surface area contributed by atoms with E-state index >= 15 is 0 Å². The van der Waals surface area contributed by atoms with Gasteiger partial charge in [0.25, 0.3) is 0 Å². The Labute approximate surface area is 147 Å². The van der Waals surface area contributed by atoms with Crippen molar-refractivity contribution in [2.24, 2.45) is 0 Å². The Hall–Kier alpha value is -2.01. The number of carbonyl (C=O) groups excluding carboxylic acids is 1. The number of hydrogen-bond donors (Lipinski definition) is 0. The number of anilines is 1. The van der Waals surface area contributed by atoms with Gasteiger partial charge in [0.05, 0.1) is 0 Å². The number of amides is 1. The molecule has 0 atom stereocenters. The monoisotopic (exact) mass is 346 g/mol. The second kappa shape index (κ2) is 8.73. The second-order valence-electron chi connectivity index (χ2n) is 5.86. The third-order valence-electron chi connectivity index (χ3n) is 3.70. The van der Waals surface area contributed by atoms with Crippen molar-refractivity contribution in [1.82, 2.24) is 4.90 Å². The molecule has 24 heavy (non-hydrogen) atoms. The van der Waals surface area contributed by atoms with Crippen molar-refractivity contribution in [1.29, 1.82) is 0 Å². The highest BCUT2D eigenvalue weighted by Crippen LogP contribution is 2.19. The molecule has 1 amide bonds. The average Bonchev–Trinajstić information content (AvgIpc) is 2.57. The molecule has 0 aliphatic rings. The molecule has 0 bridgehead atoms. The van der Waals surface area contributed by atoms with Crippen molar-refractivity contribution in [3.05, 3.63) is 59.9 Å². The smallest absolute Gasteiger partial charge is 0.223 e. The minimum Gasteiger partial charge on any atom is -0.378 e. The lowest BCUT2D eigenvalue weighted by atomic mass is 10.2. The van der Waals surface area contributed by atoms with Crippen molar-refractivity contribution >= 4 is 23.4 Å². The zero-order valence-electron chi connectivity index (χ0n) is 14.3. The van der Waals surface area contributed by atoms with E-state index in [0.29, 0.717) is 18.7 Å². The Bertz CT molecular complexity index is 656. The lowest BCUT2D eigenvalue weighted by Gasteiger charge is -2.18. The van der Waals surface area contributed by atoms with Gasteiger partial charge in [0.1, 0.15) is 5.82 Å². The minimum atomic E-state index is -0.240. The van der Waals surface area contributed by atoms with Gasteiger partial charge in [0.2, 0.25) is 5.91 Å². The van der Waals surface area contributed by atoms with Crippen molar-refractivity contribution in [2.45, 2.75) is 17.9 Å². The van der Waals surface area contributed by atoms with Crippen LogP contribution in [0.25, 0.3) is 0 Å². The topological polar surface area (TPSA) is 23.6 Å². The summed E-state index contributed by atoms with van der Waals surface area (Å²) in [6, 6.07) is 14.6. The van der Waals surface area contributed by atoms with E-state index in [1.165, 1.54) is 12.1 Å². The van der Waals surface area contributed by atoms with E-state index in [4.69, 9.17) is 0 Å². The first-order valence-electron chi connectivity index (χ1n) is 7.84. The van der Waals surface area contributed by atoms with E-state index in [-0.39, 0.29) is 11.7 Å². The van der Waals surface area contributed by atoms with Gasteiger partial charge < -0.3 is 9.80 Å². The maximum atomic E-state index is 12.8. The fourth-order valence-electron chi connectivity index (χ4n) is 2.24. The molecule has 5 heteroatoms. The normalized spacial score (nSPS) is 10.5. The first kappa shape index (κ1) is 18.3. The van der Waals surface area contributed by atoms with Crippen LogP contribution in [0, 0.1) is 5.82 Å². The van der Waals surface area contributed by atoms with Gasteiger partial charge in [-0.25, -0.2) is 4.39 Å². The summed E-state index contributed by atoms with van der Waals surface area (Å²) in [5.74, 6) is 0.561. The van der Waals surface area contributed by atoms with E-state index in [1.807, 2.05) is 38.2 Å². The number of nitrogens with zero attached hydrogens (tertiary/aromatic N) is 2. The highest BCUT2D eigenvalue weighted by molar-refractivity contribution is 7.99. The Balaban J connectivity index is 1.78. The molecule has 0 fully saturated rings. The summed E-state index contributed by atoms with van der Waals surface area (Å²) in [4.78, 5) is 17.0. The molecular formula is C19H23FN2OS. The maximum Gasteiger partial charge on any atom is 0.223 e. The molecule has 0 aliphatic heterocycles. The Morgan fingerprint density at radius 2 is 1.62 bits per heavy atom. The third-order valence-corrected chi connectivity index (χ3v) is 4.71. The summed E-state index contributed by atoms with van der Waals surface area (Å²) in [6.45, 7) is 0.605. The Morgan fingerprint density at radius 1 is 1.00 bits per heavy atom. The molecule has 0 heterocycles. The van der Waals surface area contributed by atoms with E-state index < -0.39 is 0 Å². The highest BCUT2D eigenvalue weighted by atomic mass is 32.2. The van der Waals surface area contributed by atoms with Gasteiger partial charge in [-0.05, 0) is 42.0 Å². The van der Waals surface area contributed by atoms with Crippen LogP contribution in [0.4, 0.5) is 10.1 Å². The summed E-state index contributed by atoms with van der Waals surface area (Å²) in [6.07, 6.45) is 0.467. The largest absolute Gasteiger partial charge is 0.378 e. The third kappa shape index (κ3) is 5.57. The van der Waals surface area contributed by atoms with E-state index in [2.05, 4.69) is 12.1 Å². The van der Waals surface area contributed by atoms with Crippen LogP contribution < -0.4 is 4.90 Å². The van der Waals surface area contributed by atoms with Crippen LogP contribution >= 0.6 is 11.8 Å². The molecule has 2 aromatic carbocycles. The van der Waals surface area contributed by atoms with Crippen LogP contribution in [0.1, 0.15) is 12.0 Å². The summed E-state index contributed by atoms with van der Waals surface area (Å²) < 4.78 is 12.8. The molecule has 128 valence electrons.